The molecule has 0 bridgehead atoms. The lowest BCUT2D eigenvalue weighted by Gasteiger charge is -2.30. The number of phosphoric ester groups is 1. The zero-order valence-electron chi connectivity index (χ0n) is 48.5. The van der Waals surface area contributed by atoms with Crippen molar-refractivity contribution in [1.29, 1.82) is 0 Å². The number of rotatable bonds is 53. The maximum absolute atomic E-state index is 13.5. The van der Waals surface area contributed by atoms with E-state index >= 15 is 0 Å². The minimum absolute atomic E-state index is 0.0318. The van der Waals surface area contributed by atoms with Crippen molar-refractivity contribution in [3.8, 4) is 0 Å². The number of amides is 1. The zero-order valence-corrected chi connectivity index (χ0v) is 49.4. The summed E-state index contributed by atoms with van der Waals surface area (Å²) in [6, 6.07) is -0.906. The SMILES string of the molecule is CC/C=C\C/C=C\C/C=C\C/C=C\C/C=C\CCCCCCCC(=O)OC(/C=C\CCCCCCCCCCCCC)C(COP(=O)([O-])OCC[N+](C)(C)C)NC(=O)CCCCCCCCC/C=C/C/C=C/CC. The highest BCUT2D eigenvalue weighted by atomic mass is 31.2. The van der Waals surface area contributed by atoms with Gasteiger partial charge in [-0.3, -0.25) is 14.2 Å². The Hall–Kier alpha value is -3.07. The average Bonchev–Trinajstić information content (AvgIpc) is 3.36. The van der Waals surface area contributed by atoms with E-state index in [4.69, 9.17) is 13.8 Å². The van der Waals surface area contributed by atoms with Gasteiger partial charge in [0.25, 0.3) is 7.82 Å². The number of quaternary nitrogens is 1. The Kier molecular flexibility index (Phi) is 51.1. The number of allylic oxidation sites excluding steroid dienone is 15. The van der Waals surface area contributed by atoms with Gasteiger partial charge in [0, 0.05) is 12.8 Å². The standard InChI is InChI=1S/C64H113N2O7P/c1-7-10-13-16-19-22-25-28-30-31-32-33-34-35-36-39-42-45-48-51-54-57-64(68)73-62(55-52-49-46-43-40-37-27-24-21-18-15-12-9-3)61(60-72-74(69,70)71-59-58-66(4,5)6)65-63(67)56-53-50-47-44-41-38-29-26-23-20-17-14-11-8-2/h10-11,13-14,19-20,22-23,28,30,32-33,35-36,52,55,61-62H,7-9,12,15-18,21,24-27,29,31,34,37-51,53-54,56-60H2,1-6H3,(H-,65,67,69,70)/b13-10-,14-11+,22-19-,23-20+,30-28-,33-32-,36-35-,55-52-. The van der Waals surface area contributed by atoms with Crippen LogP contribution in [0.5, 0.6) is 0 Å². The molecule has 0 rings (SSSR count). The number of ether oxygens (including phenoxy) is 1. The number of carbonyl (C=O) groups excluding carboxylic acids is 2. The molecule has 0 aliphatic heterocycles. The van der Waals surface area contributed by atoms with Crippen LogP contribution in [0.2, 0.25) is 0 Å². The summed E-state index contributed by atoms with van der Waals surface area (Å²) < 4.78 is 30.3. The molecule has 0 aromatic heterocycles. The van der Waals surface area contributed by atoms with Gasteiger partial charge in [0.1, 0.15) is 19.3 Å². The molecule has 1 N–H and O–H groups in total. The molecular formula is C64H113N2O7P. The van der Waals surface area contributed by atoms with Crippen LogP contribution in [0.3, 0.4) is 0 Å². The fraction of sp³-hybridized carbons (Fsp3) is 0.719. The molecule has 0 spiro atoms. The first-order valence-electron chi connectivity index (χ1n) is 30.0. The van der Waals surface area contributed by atoms with E-state index in [-0.39, 0.29) is 24.9 Å². The number of hydrogen-bond donors (Lipinski definition) is 1. The van der Waals surface area contributed by atoms with Crippen LogP contribution in [0, 0.1) is 0 Å². The van der Waals surface area contributed by atoms with Crippen LogP contribution in [0.4, 0.5) is 0 Å². The highest BCUT2D eigenvalue weighted by Gasteiger charge is 2.27. The van der Waals surface area contributed by atoms with Crippen molar-refractivity contribution in [2.75, 3.05) is 40.9 Å². The number of nitrogens with one attached hydrogen (secondary N) is 1. The number of hydrogen-bond acceptors (Lipinski definition) is 7. The largest absolute Gasteiger partial charge is 0.756 e. The van der Waals surface area contributed by atoms with Gasteiger partial charge in [-0.15, -0.1) is 0 Å². The fourth-order valence-corrected chi connectivity index (χ4v) is 8.90. The van der Waals surface area contributed by atoms with Gasteiger partial charge < -0.3 is 28.5 Å². The van der Waals surface area contributed by atoms with E-state index in [0.717, 1.165) is 128 Å². The molecule has 0 aromatic rings. The third kappa shape index (κ3) is 53.7. The first-order valence-corrected chi connectivity index (χ1v) is 31.5. The van der Waals surface area contributed by atoms with E-state index < -0.39 is 26.6 Å². The van der Waals surface area contributed by atoms with Gasteiger partial charge in [0.2, 0.25) is 5.91 Å². The lowest BCUT2D eigenvalue weighted by atomic mass is 10.0. The molecule has 0 fully saturated rings. The molecule has 0 radical (unpaired) electrons. The first-order chi connectivity index (χ1) is 35.9. The summed E-state index contributed by atoms with van der Waals surface area (Å²) in [6.07, 6.45) is 70.8. The smallest absolute Gasteiger partial charge is 0.306 e. The summed E-state index contributed by atoms with van der Waals surface area (Å²) in [4.78, 5) is 39.9. The van der Waals surface area contributed by atoms with E-state index in [1.165, 1.54) is 77.0 Å². The monoisotopic (exact) mass is 1050 g/mol. The van der Waals surface area contributed by atoms with Crippen molar-refractivity contribution in [3.05, 3.63) is 97.2 Å². The molecule has 0 saturated heterocycles. The Bertz CT molecular complexity index is 1590. The van der Waals surface area contributed by atoms with Gasteiger partial charge in [-0.25, -0.2) is 0 Å². The second kappa shape index (κ2) is 53.3. The highest BCUT2D eigenvalue weighted by molar-refractivity contribution is 7.45. The molecule has 1 amide bonds. The summed E-state index contributed by atoms with van der Waals surface area (Å²) >= 11 is 0. The van der Waals surface area contributed by atoms with E-state index in [9.17, 15) is 19.0 Å². The summed E-state index contributed by atoms with van der Waals surface area (Å²) in [5, 5.41) is 3.01. The highest BCUT2D eigenvalue weighted by Crippen LogP contribution is 2.38. The molecule has 0 saturated carbocycles. The topological polar surface area (TPSA) is 114 Å². The summed E-state index contributed by atoms with van der Waals surface area (Å²) in [7, 11) is 1.15. The van der Waals surface area contributed by atoms with Crippen LogP contribution in [0.15, 0.2) is 97.2 Å². The fourth-order valence-electron chi connectivity index (χ4n) is 8.17. The predicted octanol–water partition coefficient (Wildman–Crippen LogP) is 17.8. The molecule has 3 unspecified atom stereocenters. The molecule has 0 aliphatic carbocycles. The molecular weight excluding hydrogens is 940 g/mol. The van der Waals surface area contributed by atoms with Crippen LogP contribution in [0.1, 0.15) is 245 Å². The van der Waals surface area contributed by atoms with Crippen LogP contribution < -0.4 is 10.2 Å². The van der Waals surface area contributed by atoms with Gasteiger partial charge >= 0.3 is 5.97 Å². The van der Waals surface area contributed by atoms with Gasteiger partial charge in [0.15, 0.2) is 0 Å². The van der Waals surface area contributed by atoms with Crippen LogP contribution >= 0.6 is 7.82 Å². The van der Waals surface area contributed by atoms with Crippen LogP contribution in [-0.2, 0) is 27.9 Å². The second-order valence-electron chi connectivity index (χ2n) is 21.1. The molecule has 74 heavy (non-hydrogen) atoms. The maximum Gasteiger partial charge on any atom is 0.306 e. The lowest BCUT2D eigenvalue weighted by Crippen LogP contribution is -2.47. The molecule has 10 heteroatoms. The number of nitrogens with zero attached hydrogens (tertiary/aromatic N) is 1. The number of likely N-dealkylation sites (N-methyl/N-ethyl adjacent to an activating group) is 1. The molecule has 0 aromatic carbocycles. The average molecular weight is 1050 g/mol. The van der Waals surface area contributed by atoms with Crippen molar-refractivity contribution >= 4 is 19.7 Å². The van der Waals surface area contributed by atoms with Crippen molar-refractivity contribution in [3.63, 3.8) is 0 Å². The second-order valence-corrected chi connectivity index (χ2v) is 22.5. The zero-order chi connectivity index (χ0) is 54.3. The summed E-state index contributed by atoms with van der Waals surface area (Å²) in [5.41, 5.74) is 0. The van der Waals surface area contributed by atoms with Crippen LogP contribution in [0.25, 0.3) is 0 Å². The summed E-state index contributed by atoms with van der Waals surface area (Å²) in [6.45, 7) is 6.60. The maximum atomic E-state index is 13.5. The Morgan fingerprint density at radius 3 is 1.30 bits per heavy atom. The Labute approximate surface area is 456 Å². The van der Waals surface area contributed by atoms with Gasteiger partial charge in [-0.1, -0.05) is 227 Å². The molecule has 3 atom stereocenters. The van der Waals surface area contributed by atoms with Crippen molar-refractivity contribution in [2.45, 2.75) is 258 Å². The van der Waals surface area contributed by atoms with Crippen molar-refractivity contribution < 1.29 is 37.3 Å². The predicted molar refractivity (Wildman–Crippen MR) is 316 cm³/mol. The van der Waals surface area contributed by atoms with Gasteiger partial charge in [-0.2, -0.15) is 0 Å². The Morgan fingerprint density at radius 2 is 0.865 bits per heavy atom. The van der Waals surface area contributed by atoms with E-state index in [1.54, 1.807) is 0 Å². The van der Waals surface area contributed by atoms with E-state index in [0.29, 0.717) is 23.9 Å². The van der Waals surface area contributed by atoms with Crippen LogP contribution in [-0.4, -0.2) is 69.4 Å². The number of carbonyl (C=O) groups is 2. The number of unbranched alkanes of at least 4 members (excludes halogenated alkanes) is 23. The van der Waals surface area contributed by atoms with Crippen molar-refractivity contribution in [2.24, 2.45) is 0 Å². The third-order valence-corrected chi connectivity index (χ3v) is 13.7. The number of esters is 1. The summed E-state index contributed by atoms with van der Waals surface area (Å²) in [5.74, 6) is -0.577. The third-order valence-electron chi connectivity index (χ3n) is 12.8. The minimum Gasteiger partial charge on any atom is -0.756 e. The number of phosphoric acid groups is 1. The minimum atomic E-state index is -4.71. The lowest BCUT2D eigenvalue weighted by molar-refractivity contribution is -0.870. The molecule has 9 nitrogen and oxygen atoms in total. The normalized spacial score (nSPS) is 14.4. The van der Waals surface area contributed by atoms with Gasteiger partial charge in [0.05, 0.1) is 33.8 Å². The Morgan fingerprint density at radius 1 is 0.486 bits per heavy atom. The molecule has 0 aliphatic rings. The Balaban J connectivity index is 5.35. The molecule has 0 heterocycles. The quantitative estimate of drug-likeness (QED) is 0.0212. The first kappa shape index (κ1) is 70.9. The van der Waals surface area contributed by atoms with E-state index in [1.807, 2.05) is 33.3 Å². The van der Waals surface area contributed by atoms with Crippen molar-refractivity contribution in [1.82, 2.24) is 5.32 Å². The van der Waals surface area contributed by atoms with E-state index in [2.05, 4.69) is 111 Å². The molecule has 426 valence electrons. The van der Waals surface area contributed by atoms with Gasteiger partial charge in [-0.05, 0) is 102 Å².